The summed E-state index contributed by atoms with van der Waals surface area (Å²) >= 11 is 0. The van der Waals surface area contributed by atoms with Crippen molar-refractivity contribution in [3.63, 3.8) is 0 Å². The second kappa shape index (κ2) is 5.73. The molecule has 11 heavy (non-hydrogen) atoms. The molecule has 4 heteroatoms. The van der Waals surface area contributed by atoms with E-state index in [1.54, 1.807) is 6.92 Å². The Morgan fingerprint density at radius 2 is 2.36 bits per heavy atom. The molecule has 0 aromatic rings. The smallest absolute Gasteiger partial charge is 0.391 e. The second-order valence-electron chi connectivity index (χ2n) is 1.96. The van der Waals surface area contributed by atoms with Crippen LogP contribution < -0.4 is 5.48 Å². The maximum absolute atomic E-state index is 10.6. The quantitative estimate of drug-likeness (QED) is 0.277. The minimum Gasteiger partial charge on any atom is -0.502 e. The predicted molar refractivity (Wildman–Crippen MR) is 40.8 cm³/mol. The van der Waals surface area contributed by atoms with Crippen LogP contribution in [0.5, 0.6) is 0 Å². The lowest BCUT2D eigenvalue weighted by Gasteiger charge is -2.02. The van der Waals surface area contributed by atoms with Crippen molar-refractivity contribution in [3.05, 3.63) is 11.8 Å². The van der Waals surface area contributed by atoms with E-state index in [-0.39, 0.29) is 5.76 Å². The van der Waals surface area contributed by atoms with Crippen LogP contribution in [-0.4, -0.2) is 17.6 Å². The van der Waals surface area contributed by atoms with Gasteiger partial charge in [-0.1, -0.05) is 6.92 Å². The van der Waals surface area contributed by atoms with Crippen molar-refractivity contribution in [1.82, 2.24) is 5.48 Å². The second-order valence-corrected chi connectivity index (χ2v) is 1.96. The van der Waals surface area contributed by atoms with Gasteiger partial charge in [0.1, 0.15) is 0 Å². The molecular weight excluding hydrogens is 146 g/mol. The molecule has 0 rings (SSSR count). The third kappa shape index (κ3) is 4.38. The number of nitrogens with one attached hydrogen (secondary N) is 1. The van der Waals surface area contributed by atoms with Crippen LogP contribution >= 0.6 is 0 Å². The molecule has 0 radical (unpaired) electrons. The van der Waals surface area contributed by atoms with E-state index in [0.29, 0.717) is 6.54 Å². The molecule has 0 unspecified atom stereocenters. The van der Waals surface area contributed by atoms with Gasteiger partial charge in [-0.2, -0.15) is 5.48 Å². The summed E-state index contributed by atoms with van der Waals surface area (Å²) in [5.74, 6) is -1.13. The van der Waals surface area contributed by atoms with Gasteiger partial charge in [-0.05, 0) is 19.4 Å². The molecule has 0 aliphatic carbocycles. The van der Waals surface area contributed by atoms with E-state index in [1.807, 2.05) is 6.92 Å². The first-order chi connectivity index (χ1) is 5.22. The maximum atomic E-state index is 10.6. The fourth-order valence-corrected chi connectivity index (χ4v) is 0.389. The van der Waals surface area contributed by atoms with Crippen LogP contribution in [0.25, 0.3) is 0 Å². The first-order valence-corrected chi connectivity index (χ1v) is 3.51. The Labute approximate surface area is 65.8 Å². The Hall–Kier alpha value is -1.03. The zero-order chi connectivity index (χ0) is 8.69. The van der Waals surface area contributed by atoms with Crippen LogP contribution in [0.4, 0.5) is 0 Å². The van der Waals surface area contributed by atoms with Gasteiger partial charge in [0.15, 0.2) is 5.76 Å². The zero-order valence-electron chi connectivity index (χ0n) is 6.76. The van der Waals surface area contributed by atoms with Crippen LogP contribution in [0.2, 0.25) is 0 Å². The summed E-state index contributed by atoms with van der Waals surface area (Å²) in [5, 5.41) is 8.77. The molecule has 0 fully saturated rings. The van der Waals surface area contributed by atoms with Gasteiger partial charge in [0.25, 0.3) is 0 Å². The molecule has 0 bridgehead atoms. The summed E-state index contributed by atoms with van der Waals surface area (Å²) in [7, 11) is 0. The molecule has 0 aliphatic heterocycles. The van der Waals surface area contributed by atoms with Crippen molar-refractivity contribution in [2.45, 2.75) is 20.3 Å². The van der Waals surface area contributed by atoms with Gasteiger partial charge in [0.2, 0.25) is 0 Å². The maximum Gasteiger partial charge on any atom is 0.391 e. The SMILES string of the molecule is CC=C(O)C(=O)ONCCC. The topological polar surface area (TPSA) is 58.6 Å². The number of rotatable bonds is 4. The molecule has 0 saturated heterocycles. The monoisotopic (exact) mass is 159 g/mol. The number of hydrogen-bond donors (Lipinski definition) is 2. The van der Waals surface area contributed by atoms with Gasteiger partial charge >= 0.3 is 5.97 Å². The number of carbonyl (C=O) groups excluding carboxylic acids is 1. The highest BCUT2D eigenvalue weighted by Gasteiger charge is 2.06. The van der Waals surface area contributed by atoms with Crippen molar-refractivity contribution >= 4 is 5.97 Å². The number of aliphatic hydroxyl groups excluding tert-OH is 1. The van der Waals surface area contributed by atoms with Crippen molar-refractivity contribution in [2.24, 2.45) is 0 Å². The summed E-state index contributed by atoms with van der Waals surface area (Å²) in [5.41, 5.74) is 2.40. The minimum absolute atomic E-state index is 0.381. The van der Waals surface area contributed by atoms with E-state index in [2.05, 4.69) is 10.3 Å². The fraction of sp³-hybridized carbons (Fsp3) is 0.571. The Bertz CT molecular complexity index is 154. The molecule has 4 nitrogen and oxygen atoms in total. The summed E-state index contributed by atoms with van der Waals surface area (Å²) in [6, 6.07) is 0. The Morgan fingerprint density at radius 1 is 1.73 bits per heavy atom. The van der Waals surface area contributed by atoms with E-state index in [1.165, 1.54) is 6.08 Å². The van der Waals surface area contributed by atoms with Gasteiger partial charge in [-0.15, -0.1) is 0 Å². The van der Waals surface area contributed by atoms with Crippen LogP contribution in [0.1, 0.15) is 20.3 Å². The molecule has 0 saturated carbocycles. The molecule has 0 atom stereocenters. The standard InChI is InChI=1S/C7H13NO3/c1-3-5-8-11-7(10)6(9)4-2/h4,8-9H,3,5H2,1-2H3. The Kier molecular flexibility index (Phi) is 5.20. The third-order valence-electron chi connectivity index (χ3n) is 1.000. The molecule has 0 spiro atoms. The first kappa shape index (κ1) is 9.97. The number of hydrogen-bond acceptors (Lipinski definition) is 4. The number of carbonyl (C=O) groups is 1. The van der Waals surface area contributed by atoms with Gasteiger partial charge in [-0.25, -0.2) is 4.79 Å². The van der Waals surface area contributed by atoms with E-state index >= 15 is 0 Å². The number of hydroxylamine groups is 1. The van der Waals surface area contributed by atoms with Crippen molar-refractivity contribution in [3.8, 4) is 0 Å². The summed E-state index contributed by atoms with van der Waals surface area (Å²) in [6.07, 6.45) is 2.14. The number of allylic oxidation sites excluding steroid dienone is 1. The minimum atomic E-state index is -0.749. The van der Waals surface area contributed by atoms with Gasteiger partial charge < -0.3 is 9.94 Å². The van der Waals surface area contributed by atoms with E-state index in [0.717, 1.165) is 6.42 Å². The van der Waals surface area contributed by atoms with Crippen LogP contribution in [0.15, 0.2) is 11.8 Å². The van der Waals surface area contributed by atoms with Crippen LogP contribution in [0, 0.1) is 0 Å². The molecule has 0 amide bonds. The molecular formula is C7H13NO3. The fourth-order valence-electron chi connectivity index (χ4n) is 0.389. The van der Waals surface area contributed by atoms with Gasteiger partial charge in [-0.3, -0.25) is 0 Å². The lowest BCUT2D eigenvalue weighted by atomic mass is 10.5. The van der Waals surface area contributed by atoms with E-state index < -0.39 is 5.97 Å². The average Bonchev–Trinajstić information content (AvgIpc) is 2.03. The lowest BCUT2D eigenvalue weighted by molar-refractivity contribution is -0.149. The van der Waals surface area contributed by atoms with Gasteiger partial charge in [0.05, 0.1) is 0 Å². The molecule has 0 aliphatic rings. The highest BCUT2D eigenvalue weighted by molar-refractivity contribution is 5.85. The zero-order valence-corrected chi connectivity index (χ0v) is 6.76. The normalized spacial score (nSPS) is 11.3. The van der Waals surface area contributed by atoms with Crippen molar-refractivity contribution in [1.29, 1.82) is 0 Å². The Balaban J connectivity index is 3.53. The third-order valence-corrected chi connectivity index (χ3v) is 1.000. The highest BCUT2D eigenvalue weighted by atomic mass is 16.7. The Morgan fingerprint density at radius 3 is 2.82 bits per heavy atom. The predicted octanol–water partition coefficient (Wildman–Crippen LogP) is 0.906. The van der Waals surface area contributed by atoms with Crippen LogP contribution in [-0.2, 0) is 9.63 Å². The number of aliphatic hydroxyl groups is 1. The van der Waals surface area contributed by atoms with E-state index in [4.69, 9.17) is 5.11 Å². The van der Waals surface area contributed by atoms with Gasteiger partial charge in [0, 0.05) is 6.54 Å². The van der Waals surface area contributed by atoms with Crippen molar-refractivity contribution < 1.29 is 14.7 Å². The first-order valence-electron chi connectivity index (χ1n) is 3.51. The molecule has 64 valence electrons. The lowest BCUT2D eigenvalue weighted by Crippen LogP contribution is -2.21. The molecule has 0 heterocycles. The van der Waals surface area contributed by atoms with Crippen LogP contribution in [0.3, 0.4) is 0 Å². The summed E-state index contributed by atoms with van der Waals surface area (Å²) in [4.78, 5) is 15.1. The molecule has 0 aromatic heterocycles. The largest absolute Gasteiger partial charge is 0.502 e. The summed E-state index contributed by atoms with van der Waals surface area (Å²) < 4.78 is 0. The highest BCUT2D eigenvalue weighted by Crippen LogP contribution is 1.89. The molecule has 0 aromatic carbocycles. The van der Waals surface area contributed by atoms with E-state index in [9.17, 15) is 4.79 Å². The molecule has 2 N–H and O–H groups in total. The average molecular weight is 159 g/mol. The van der Waals surface area contributed by atoms with Crippen molar-refractivity contribution in [2.75, 3.05) is 6.54 Å². The summed E-state index contributed by atoms with van der Waals surface area (Å²) in [6.45, 7) is 4.08.